The molecule has 2 rings (SSSR count). The van der Waals surface area contributed by atoms with Gasteiger partial charge in [-0.3, -0.25) is 0 Å². The summed E-state index contributed by atoms with van der Waals surface area (Å²) in [4.78, 5) is 0. The monoisotopic (exact) mass is 256 g/mol. The molecule has 1 aliphatic rings. The second-order valence-corrected chi connectivity index (χ2v) is 6.48. The van der Waals surface area contributed by atoms with Crippen LogP contribution in [-0.4, -0.2) is 6.04 Å². The Morgan fingerprint density at radius 1 is 1.21 bits per heavy atom. The van der Waals surface area contributed by atoms with Gasteiger partial charge in [-0.25, -0.2) is 0 Å². The van der Waals surface area contributed by atoms with E-state index in [9.17, 15) is 0 Å². The van der Waals surface area contributed by atoms with Gasteiger partial charge in [0, 0.05) is 12.6 Å². The molecule has 102 valence electrons. The number of nitriles is 1. The lowest BCUT2D eigenvalue weighted by molar-refractivity contribution is 0.309. The molecule has 0 aromatic heterocycles. The van der Waals surface area contributed by atoms with Gasteiger partial charge in [-0.2, -0.15) is 5.26 Å². The highest BCUT2D eigenvalue weighted by atomic mass is 14.9. The SMILES string of the molecule is CC1(C)CCCC(NCc2ccc(C#N)cc2)CC1. The molecule has 0 spiro atoms. The average Bonchev–Trinajstić information content (AvgIpc) is 2.58. The first kappa shape index (κ1) is 14.1. The van der Waals surface area contributed by atoms with Gasteiger partial charge < -0.3 is 5.32 Å². The highest BCUT2D eigenvalue weighted by molar-refractivity contribution is 5.31. The van der Waals surface area contributed by atoms with Crippen molar-refractivity contribution in [2.75, 3.05) is 0 Å². The fourth-order valence-corrected chi connectivity index (χ4v) is 2.82. The Balaban J connectivity index is 1.83. The van der Waals surface area contributed by atoms with E-state index in [2.05, 4.69) is 25.2 Å². The Morgan fingerprint density at radius 3 is 2.63 bits per heavy atom. The number of hydrogen-bond donors (Lipinski definition) is 1. The van der Waals surface area contributed by atoms with Gasteiger partial charge in [0.25, 0.3) is 0 Å². The molecule has 1 saturated carbocycles. The highest BCUT2D eigenvalue weighted by Gasteiger charge is 2.23. The number of hydrogen-bond acceptors (Lipinski definition) is 2. The van der Waals surface area contributed by atoms with E-state index in [4.69, 9.17) is 5.26 Å². The highest BCUT2D eigenvalue weighted by Crippen LogP contribution is 2.33. The third kappa shape index (κ3) is 4.36. The van der Waals surface area contributed by atoms with E-state index in [1.54, 1.807) is 0 Å². The fraction of sp³-hybridized carbons (Fsp3) is 0.588. The maximum atomic E-state index is 8.78. The van der Waals surface area contributed by atoms with Crippen LogP contribution in [0.1, 0.15) is 57.1 Å². The van der Waals surface area contributed by atoms with E-state index in [0.717, 1.165) is 12.1 Å². The first-order valence-corrected chi connectivity index (χ1v) is 7.31. The zero-order valence-electron chi connectivity index (χ0n) is 12.1. The number of rotatable bonds is 3. The minimum absolute atomic E-state index is 0.519. The largest absolute Gasteiger partial charge is 0.310 e. The summed E-state index contributed by atoms with van der Waals surface area (Å²) in [7, 11) is 0. The van der Waals surface area contributed by atoms with Crippen molar-refractivity contribution in [2.24, 2.45) is 5.41 Å². The second kappa shape index (κ2) is 6.21. The molecule has 1 aromatic rings. The zero-order valence-corrected chi connectivity index (χ0v) is 12.1. The van der Waals surface area contributed by atoms with Crippen molar-refractivity contribution < 1.29 is 0 Å². The van der Waals surface area contributed by atoms with Crippen LogP contribution in [0.5, 0.6) is 0 Å². The zero-order chi connectivity index (χ0) is 13.7. The minimum Gasteiger partial charge on any atom is -0.310 e. The van der Waals surface area contributed by atoms with E-state index in [0.29, 0.717) is 11.5 Å². The maximum Gasteiger partial charge on any atom is 0.0991 e. The summed E-state index contributed by atoms with van der Waals surface area (Å²) in [6.45, 7) is 5.68. The predicted molar refractivity (Wildman–Crippen MR) is 78.7 cm³/mol. The molecule has 1 aliphatic carbocycles. The normalized spacial score (nSPS) is 22.5. The van der Waals surface area contributed by atoms with Gasteiger partial charge in [0.15, 0.2) is 0 Å². The van der Waals surface area contributed by atoms with Crippen LogP contribution in [0.4, 0.5) is 0 Å². The third-order valence-corrected chi connectivity index (χ3v) is 4.25. The van der Waals surface area contributed by atoms with Gasteiger partial charge in [0.05, 0.1) is 11.6 Å². The maximum absolute atomic E-state index is 8.78. The Labute approximate surface area is 116 Å². The van der Waals surface area contributed by atoms with Crippen LogP contribution in [0.25, 0.3) is 0 Å². The van der Waals surface area contributed by atoms with Crippen molar-refractivity contribution in [3.63, 3.8) is 0 Å². The van der Waals surface area contributed by atoms with Crippen molar-refractivity contribution >= 4 is 0 Å². The van der Waals surface area contributed by atoms with Crippen LogP contribution in [0.2, 0.25) is 0 Å². The van der Waals surface area contributed by atoms with Crippen molar-refractivity contribution in [3.8, 4) is 6.07 Å². The second-order valence-electron chi connectivity index (χ2n) is 6.48. The Kier molecular flexibility index (Phi) is 4.61. The average molecular weight is 256 g/mol. The summed E-state index contributed by atoms with van der Waals surface area (Å²) in [5.74, 6) is 0. The van der Waals surface area contributed by atoms with Crippen molar-refractivity contribution in [3.05, 3.63) is 35.4 Å². The molecule has 1 unspecified atom stereocenters. The van der Waals surface area contributed by atoms with Crippen molar-refractivity contribution in [1.29, 1.82) is 5.26 Å². The predicted octanol–water partition coefficient (Wildman–Crippen LogP) is 4.01. The van der Waals surface area contributed by atoms with Gasteiger partial charge in [-0.15, -0.1) is 0 Å². The quantitative estimate of drug-likeness (QED) is 0.829. The smallest absolute Gasteiger partial charge is 0.0991 e. The number of nitrogens with zero attached hydrogens (tertiary/aromatic N) is 1. The van der Waals surface area contributed by atoms with E-state index < -0.39 is 0 Å². The first-order valence-electron chi connectivity index (χ1n) is 7.31. The molecule has 0 aliphatic heterocycles. The van der Waals surface area contributed by atoms with Crippen LogP contribution >= 0.6 is 0 Å². The number of nitrogens with one attached hydrogen (secondary N) is 1. The molecule has 1 aromatic carbocycles. The summed E-state index contributed by atoms with van der Waals surface area (Å²) >= 11 is 0. The fourth-order valence-electron chi connectivity index (χ4n) is 2.82. The third-order valence-electron chi connectivity index (χ3n) is 4.25. The van der Waals surface area contributed by atoms with Gasteiger partial charge in [-0.1, -0.05) is 32.4 Å². The minimum atomic E-state index is 0.519. The molecule has 0 amide bonds. The van der Waals surface area contributed by atoms with Crippen LogP contribution in [0, 0.1) is 16.7 Å². The van der Waals surface area contributed by atoms with Crippen LogP contribution < -0.4 is 5.32 Å². The Bertz CT molecular complexity index is 439. The first-order chi connectivity index (χ1) is 9.09. The Morgan fingerprint density at radius 2 is 1.95 bits per heavy atom. The lowest BCUT2D eigenvalue weighted by Gasteiger charge is -2.22. The molecule has 2 nitrogen and oxygen atoms in total. The lowest BCUT2D eigenvalue weighted by atomic mass is 9.85. The summed E-state index contributed by atoms with van der Waals surface area (Å²) in [6, 6.07) is 10.7. The molecule has 1 atom stereocenters. The van der Waals surface area contributed by atoms with Gasteiger partial charge >= 0.3 is 0 Å². The van der Waals surface area contributed by atoms with Crippen LogP contribution in [0.3, 0.4) is 0 Å². The topological polar surface area (TPSA) is 35.8 Å². The summed E-state index contributed by atoms with van der Waals surface area (Å²) in [5.41, 5.74) is 2.52. The molecule has 19 heavy (non-hydrogen) atoms. The standard InChI is InChI=1S/C17H24N2/c1-17(2)10-3-4-16(9-11-17)19-13-15-7-5-14(12-18)6-8-15/h5-8,16,19H,3-4,9-11,13H2,1-2H3. The van der Waals surface area contributed by atoms with Gasteiger partial charge in [-0.05, 0) is 48.8 Å². The number of benzene rings is 1. The molecule has 0 bridgehead atoms. The van der Waals surface area contributed by atoms with Gasteiger partial charge in [0.2, 0.25) is 0 Å². The van der Waals surface area contributed by atoms with E-state index in [-0.39, 0.29) is 0 Å². The molecule has 2 heteroatoms. The molecule has 1 N–H and O–H groups in total. The van der Waals surface area contributed by atoms with Crippen molar-refractivity contribution in [2.45, 2.75) is 58.5 Å². The molecule has 0 radical (unpaired) electrons. The van der Waals surface area contributed by atoms with Crippen LogP contribution in [0.15, 0.2) is 24.3 Å². The summed E-state index contributed by atoms with van der Waals surface area (Å²) in [5, 5.41) is 12.4. The molecule has 0 saturated heterocycles. The van der Waals surface area contributed by atoms with E-state index in [1.807, 2.05) is 24.3 Å². The van der Waals surface area contributed by atoms with Crippen molar-refractivity contribution in [1.82, 2.24) is 5.32 Å². The van der Waals surface area contributed by atoms with E-state index in [1.165, 1.54) is 37.7 Å². The van der Waals surface area contributed by atoms with Gasteiger partial charge in [0.1, 0.15) is 0 Å². The van der Waals surface area contributed by atoms with Crippen LogP contribution in [-0.2, 0) is 6.54 Å². The Hall–Kier alpha value is -1.33. The molecule has 0 heterocycles. The molecule has 1 fully saturated rings. The lowest BCUT2D eigenvalue weighted by Crippen LogP contribution is -2.28. The molecular weight excluding hydrogens is 232 g/mol. The summed E-state index contributed by atoms with van der Waals surface area (Å²) in [6.07, 6.45) is 6.57. The molecular formula is C17H24N2. The summed E-state index contributed by atoms with van der Waals surface area (Å²) < 4.78 is 0. The van der Waals surface area contributed by atoms with E-state index >= 15 is 0 Å².